The number of carbonyl (C=O) groups is 2. The third-order valence-corrected chi connectivity index (χ3v) is 3.67. The molecule has 4 heteroatoms. The van der Waals surface area contributed by atoms with Crippen LogP contribution in [0.5, 0.6) is 0 Å². The number of hydrogen-bond donors (Lipinski definition) is 1. The Kier molecular flexibility index (Phi) is 2.93. The molecule has 4 nitrogen and oxygen atoms in total. The number of aliphatic hydroxyl groups excluding tert-OH is 1. The molecule has 0 aliphatic heterocycles. The number of fused-ring (bicyclic) bond motifs is 1. The van der Waals surface area contributed by atoms with Gasteiger partial charge in [-0.15, -0.1) is 0 Å². The molecule has 0 spiro atoms. The second-order valence-corrected chi connectivity index (χ2v) is 5.42. The van der Waals surface area contributed by atoms with Gasteiger partial charge in [0, 0.05) is 16.9 Å². The Morgan fingerprint density at radius 1 is 1.50 bits per heavy atom. The van der Waals surface area contributed by atoms with Crippen LogP contribution in [0.4, 0.5) is 0 Å². The lowest BCUT2D eigenvalue weighted by Gasteiger charge is -2.22. The van der Waals surface area contributed by atoms with Gasteiger partial charge in [0.1, 0.15) is 5.57 Å². The lowest BCUT2D eigenvalue weighted by atomic mass is 9.87. The van der Waals surface area contributed by atoms with Crippen molar-refractivity contribution in [1.82, 2.24) is 0 Å². The summed E-state index contributed by atoms with van der Waals surface area (Å²) in [4.78, 5) is 23.9. The van der Waals surface area contributed by atoms with Gasteiger partial charge in [-0.25, -0.2) is 4.79 Å². The molecule has 2 rings (SSSR count). The Hall–Kier alpha value is -1.42. The van der Waals surface area contributed by atoms with E-state index in [1.807, 2.05) is 19.9 Å². The summed E-state index contributed by atoms with van der Waals surface area (Å²) in [5, 5.41) is 10.3. The van der Waals surface area contributed by atoms with Gasteiger partial charge in [0.2, 0.25) is 0 Å². The third kappa shape index (κ3) is 1.63. The molecule has 2 unspecified atom stereocenters. The van der Waals surface area contributed by atoms with Crippen molar-refractivity contribution in [2.45, 2.75) is 33.8 Å². The molecule has 18 heavy (non-hydrogen) atoms. The monoisotopic (exact) mass is 250 g/mol. The molecule has 2 atom stereocenters. The number of Topliss-reactive ketones (excluding diaryl/α,β-unsaturated/α-hetero) is 1. The maximum atomic E-state index is 12.1. The molecule has 0 heterocycles. The molecule has 1 N–H and O–H groups in total. The van der Waals surface area contributed by atoms with Gasteiger partial charge in [0.05, 0.1) is 12.7 Å². The van der Waals surface area contributed by atoms with E-state index in [4.69, 9.17) is 4.74 Å². The topological polar surface area (TPSA) is 63.6 Å². The maximum Gasteiger partial charge on any atom is 0.342 e. The fraction of sp³-hybridized carbons (Fsp3) is 0.571. The summed E-state index contributed by atoms with van der Waals surface area (Å²) in [6, 6.07) is 0. The van der Waals surface area contributed by atoms with Crippen molar-refractivity contribution < 1.29 is 19.4 Å². The van der Waals surface area contributed by atoms with E-state index in [0.29, 0.717) is 5.57 Å². The predicted octanol–water partition coefficient (Wildman–Crippen LogP) is 1.39. The SMILES string of the molecule is CCOC(=O)C1=C2C(=CC(C)(C)C2O)C(C)C1=O. The van der Waals surface area contributed by atoms with E-state index >= 15 is 0 Å². The molecule has 0 fully saturated rings. The van der Waals surface area contributed by atoms with Crippen molar-refractivity contribution in [1.29, 1.82) is 0 Å². The summed E-state index contributed by atoms with van der Waals surface area (Å²) in [6.45, 7) is 7.44. The average molecular weight is 250 g/mol. The van der Waals surface area contributed by atoms with Crippen molar-refractivity contribution >= 4 is 11.8 Å². The zero-order valence-electron chi connectivity index (χ0n) is 11.1. The van der Waals surface area contributed by atoms with Crippen LogP contribution < -0.4 is 0 Å². The molecule has 98 valence electrons. The fourth-order valence-corrected chi connectivity index (χ4v) is 2.63. The Bertz CT molecular complexity index is 482. The first-order valence-corrected chi connectivity index (χ1v) is 6.18. The quantitative estimate of drug-likeness (QED) is 0.594. The van der Waals surface area contributed by atoms with Gasteiger partial charge in [0.15, 0.2) is 5.78 Å². The largest absolute Gasteiger partial charge is 0.462 e. The molecule has 2 aliphatic carbocycles. The fourth-order valence-electron chi connectivity index (χ4n) is 2.63. The molecule has 0 saturated carbocycles. The minimum Gasteiger partial charge on any atom is -0.462 e. The van der Waals surface area contributed by atoms with Gasteiger partial charge in [-0.3, -0.25) is 4.79 Å². The Morgan fingerprint density at radius 2 is 2.11 bits per heavy atom. The zero-order valence-corrected chi connectivity index (χ0v) is 11.1. The molecule has 0 saturated heterocycles. The summed E-state index contributed by atoms with van der Waals surface area (Å²) >= 11 is 0. The van der Waals surface area contributed by atoms with E-state index < -0.39 is 17.5 Å². The second kappa shape index (κ2) is 4.05. The Labute approximate surface area is 106 Å². The summed E-state index contributed by atoms with van der Waals surface area (Å²) in [5.41, 5.74) is 0.836. The van der Waals surface area contributed by atoms with Crippen molar-refractivity contribution in [2.24, 2.45) is 11.3 Å². The Balaban J connectivity index is 2.53. The van der Waals surface area contributed by atoms with E-state index in [2.05, 4.69) is 0 Å². The van der Waals surface area contributed by atoms with Crippen LogP contribution in [0.3, 0.4) is 0 Å². The first-order valence-electron chi connectivity index (χ1n) is 6.18. The Morgan fingerprint density at radius 3 is 2.67 bits per heavy atom. The first-order chi connectivity index (χ1) is 8.31. The van der Waals surface area contributed by atoms with Crippen molar-refractivity contribution in [3.63, 3.8) is 0 Å². The van der Waals surface area contributed by atoms with Crippen molar-refractivity contribution in [3.05, 3.63) is 22.8 Å². The normalized spacial score (nSPS) is 29.4. The van der Waals surface area contributed by atoms with Crippen molar-refractivity contribution in [3.8, 4) is 0 Å². The van der Waals surface area contributed by atoms with Gasteiger partial charge in [-0.05, 0) is 12.5 Å². The number of ether oxygens (including phenoxy) is 1. The van der Waals surface area contributed by atoms with Crippen LogP contribution in [0.25, 0.3) is 0 Å². The highest BCUT2D eigenvalue weighted by atomic mass is 16.5. The average Bonchev–Trinajstić information content (AvgIpc) is 2.65. The zero-order chi connectivity index (χ0) is 13.7. The van der Waals surface area contributed by atoms with Crippen LogP contribution in [0, 0.1) is 11.3 Å². The molecule has 0 aromatic heterocycles. The van der Waals surface area contributed by atoms with Crippen LogP contribution in [0.2, 0.25) is 0 Å². The van der Waals surface area contributed by atoms with Crippen LogP contribution in [0.15, 0.2) is 22.8 Å². The van der Waals surface area contributed by atoms with E-state index in [9.17, 15) is 14.7 Å². The highest BCUT2D eigenvalue weighted by Gasteiger charge is 2.49. The minimum atomic E-state index is -0.819. The third-order valence-electron chi connectivity index (χ3n) is 3.67. The summed E-state index contributed by atoms with van der Waals surface area (Å²) in [7, 11) is 0. The lowest BCUT2D eigenvalue weighted by Crippen LogP contribution is -2.27. The van der Waals surface area contributed by atoms with Crippen LogP contribution in [-0.2, 0) is 14.3 Å². The van der Waals surface area contributed by atoms with Crippen LogP contribution >= 0.6 is 0 Å². The van der Waals surface area contributed by atoms with E-state index in [0.717, 1.165) is 5.57 Å². The highest BCUT2D eigenvalue weighted by molar-refractivity contribution is 6.23. The smallest absolute Gasteiger partial charge is 0.342 e. The van der Waals surface area contributed by atoms with Gasteiger partial charge in [-0.1, -0.05) is 26.8 Å². The molecule has 2 aliphatic rings. The van der Waals surface area contributed by atoms with E-state index in [1.54, 1.807) is 13.8 Å². The number of ketones is 1. The van der Waals surface area contributed by atoms with Crippen LogP contribution in [0.1, 0.15) is 27.7 Å². The van der Waals surface area contributed by atoms with Gasteiger partial charge < -0.3 is 9.84 Å². The summed E-state index contributed by atoms with van der Waals surface area (Å²) < 4.78 is 4.91. The van der Waals surface area contributed by atoms with Gasteiger partial charge in [-0.2, -0.15) is 0 Å². The molecule has 0 radical (unpaired) electrons. The molecule has 0 bridgehead atoms. The molecular weight excluding hydrogens is 232 g/mol. The second-order valence-electron chi connectivity index (χ2n) is 5.42. The van der Waals surface area contributed by atoms with Crippen LogP contribution in [-0.4, -0.2) is 29.6 Å². The van der Waals surface area contributed by atoms with Crippen molar-refractivity contribution in [2.75, 3.05) is 6.61 Å². The number of hydrogen-bond acceptors (Lipinski definition) is 4. The maximum absolute atomic E-state index is 12.1. The molecule has 0 aromatic carbocycles. The molecule has 0 amide bonds. The summed E-state index contributed by atoms with van der Waals surface area (Å²) in [6.07, 6.45) is 1.07. The number of rotatable bonds is 2. The molecule has 0 aromatic rings. The lowest BCUT2D eigenvalue weighted by molar-refractivity contribution is -0.140. The molecular formula is C14H18O4. The number of aliphatic hydroxyl groups is 1. The number of esters is 1. The highest BCUT2D eigenvalue weighted by Crippen LogP contribution is 2.48. The van der Waals surface area contributed by atoms with E-state index in [-0.39, 0.29) is 23.9 Å². The summed E-state index contributed by atoms with van der Waals surface area (Å²) in [5.74, 6) is -1.23. The minimum absolute atomic E-state index is 0.0358. The standard InChI is InChI=1S/C14H18O4/c1-5-18-13(17)10-9-8(7(2)11(10)15)6-14(3,4)12(9)16/h6-7,12,16H,5H2,1-4H3. The predicted molar refractivity (Wildman–Crippen MR) is 65.7 cm³/mol. The van der Waals surface area contributed by atoms with Gasteiger partial charge >= 0.3 is 5.97 Å². The first kappa shape index (κ1) is 13.0. The number of carbonyl (C=O) groups excluding carboxylic acids is 2. The van der Waals surface area contributed by atoms with E-state index in [1.165, 1.54) is 0 Å². The van der Waals surface area contributed by atoms with Gasteiger partial charge in [0.25, 0.3) is 0 Å².